The van der Waals surface area contributed by atoms with Gasteiger partial charge in [0, 0.05) is 23.3 Å². The molecule has 8 nitrogen and oxygen atoms in total. The van der Waals surface area contributed by atoms with E-state index in [1.54, 1.807) is 19.2 Å². The summed E-state index contributed by atoms with van der Waals surface area (Å²) in [6.07, 6.45) is 4.07. The van der Waals surface area contributed by atoms with Gasteiger partial charge in [-0.25, -0.2) is 9.37 Å². The number of hydrogen-bond donors (Lipinski definition) is 1. The molecule has 2 aromatic heterocycles. The van der Waals surface area contributed by atoms with Crippen molar-refractivity contribution in [3.8, 4) is 0 Å². The lowest BCUT2D eigenvalue weighted by Gasteiger charge is -2.22. The number of anilines is 2. The molecule has 0 amide bonds. The number of nitrogens with zero attached hydrogens (tertiary/aromatic N) is 3. The van der Waals surface area contributed by atoms with Gasteiger partial charge in [-0.05, 0) is 60.1 Å². The second-order valence-electron chi connectivity index (χ2n) is 7.31. The van der Waals surface area contributed by atoms with Crippen LogP contribution in [0.25, 0.3) is 11.0 Å². The highest BCUT2D eigenvalue weighted by Gasteiger charge is 2.17. The Morgan fingerprint density at radius 2 is 2.13 bits per heavy atom. The normalized spacial score (nSPS) is 16.5. The Bertz CT molecular complexity index is 1220. The molecule has 1 aliphatic rings. The van der Waals surface area contributed by atoms with E-state index in [4.69, 9.17) is 9.47 Å². The van der Waals surface area contributed by atoms with Crippen LogP contribution in [0.15, 0.2) is 40.2 Å². The van der Waals surface area contributed by atoms with Gasteiger partial charge < -0.3 is 14.8 Å². The van der Waals surface area contributed by atoms with Crippen LogP contribution in [0.1, 0.15) is 19.3 Å². The summed E-state index contributed by atoms with van der Waals surface area (Å²) in [5.74, 6) is -0.481. The summed E-state index contributed by atoms with van der Waals surface area (Å²) in [6.45, 7) is 1.25. The Hall–Kier alpha value is -2.31. The third kappa shape index (κ3) is 4.80. The fourth-order valence-corrected chi connectivity index (χ4v) is 3.94. The van der Waals surface area contributed by atoms with E-state index in [0.29, 0.717) is 6.61 Å². The van der Waals surface area contributed by atoms with Crippen LogP contribution in [-0.2, 0) is 23.1 Å². The third-order valence-electron chi connectivity index (χ3n) is 5.18. The van der Waals surface area contributed by atoms with E-state index in [2.05, 4.69) is 10.3 Å². The molecule has 1 atom stereocenters. The van der Waals surface area contributed by atoms with Crippen molar-refractivity contribution in [2.45, 2.75) is 32.1 Å². The van der Waals surface area contributed by atoms with Gasteiger partial charge in [0.2, 0.25) is 0 Å². The number of pyridine rings is 1. The molecular formula is C21H22FIN4O4. The van der Waals surface area contributed by atoms with E-state index < -0.39 is 5.82 Å². The lowest BCUT2D eigenvalue weighted by Crippen LogP contribution is -2.29. The molecule has 1 unspecified atom stereocenters. The zero-order valence-electron chi connectivity index (χ0n) is 16.9. The van der Waals surface area contributed by atoms with Gasteiger partial charge in [-0.3, -0.25) is 18.7 Å². The van der Waals surface area contributed by atoms with Crippen LogP contribution >= 0.6 is 22.6 Å². The molecule has 10 heteroatoms. The van der Waals surface area contributed by atoms with Crippen molar-refractivity contribution in [2.24, 2.45) is 7.05 Å². The van der Waals surface area contributed by atoms with Gasteiger partial charge in [-0.1, -0.05) is 0 Å². The molecule has 1 N–H and O–H groups in total. The van der Waals surface area contributed by atoms with Gasteiger partial charge in [0.05, 0.1) is 30.9 Å². The van der Waals surface area contributed by atoms with Crippen molar-refractivity contribution < 1.29 is 13.9 Å². The summed E-state index contributed by atoms with van der Waals surface area (Å²) in [7, 11) is 1.54. The zero-order valence-corrected chi connectivity index (χ0v) is 19.1. The summed E-state index contributed by atoms with van der Waals surface area (Å²) in [6, 6.07) is 5.94. The van der Waals surface area contributed by atoms with Crippen molar-refractivity contribution in [1.82, 2.24) is 14.1 Å². The largest absolute Gasteiger partial charge is 0.353 e. The van der Waals surface area contributed by atoms with Gasteiger partial charge in [-0.2, -0.15) is 0 Å². The van der Waals surface area contributed by atoms with Crippen molar-refractivity contribution in [3.63, 3.8) is 0 Å². The molecule has 3 aromatic rings. The van der Waals surface area contributed by atoms with Gasteiger partial charge in [0.15, 0.2) is 11.9 Å². The maximum absolute atomic E-state index is 14.4. The molecule has 1 saturated heterocycles. The number of benzene rings is 1. The fraction of sp³-hybridized carbons (Fsp3) is 0.381. The summed E-state index contributed by atoms with van der Waals surface area (Å²) in [5.41, 5.74) is -0.103. The Kier molecular flexibility index (Phi) is 6.68. The fourth-order valence-electron chi connectivity index (χ4n) is 3.49. The van der Waals surface area contributed by atoms with Crippen molar-refractivity contribution in [1.29, 1.82) is 0 Å². The lowest BCUT2D eigenvalue weighted by molar-refractivity contribution is -0.163. The average molecular weight is 540 g/mol. The summed E-state index contributed by atoms with van der Waals surface area (Å²) in [4.78, 5) is 29.9. The molecule has 0 spiro atoms. The SMILES string of the molecule is Cn1c(=O)cc(Nc2ccc(I)cc2F)c2c(=O)n(CCOC3CCCCO3)cnc21. The molecule has 31 heavy (non-hydrogen) atoms. The second-order valence-corrected chi connectivity index (χ2v) is 8.56. The highest BCUT2D eigenvalue weighted by atomic mass is 127. The molecule has 4 rings (SSSR count). The Balaban J connectivity index is 1.66. The van der Waals surface area contributed by atoms with Crippen LogP contribution in [0.3, 0.4) is 0 Å². The standard InChI is InChI=1S/C21H22FIN4O4/c1-26-17(28)11-16(25-15-6-5-13(23)10-14(15)22)19-20(26)24-12-27(21(19)29)7-9-31-18-4-2-3-8-30-18/h5-6,10-12,18,25H,2-4,7-9H2,1H3. The van der Waals surface area contributed by atoms with E-state index in [9.17, 15) is 14.0 Å². The summed E-state index contributed by atoms with van der Waals surface area (Å²) < 4.78 is 29.1. The van der Waals surface area contributed by atoms with E-state index in [0.717, 1.165) is 22.8 Å². The minimum atomic E-state index is -0.481. The Morgan fingerprint density at radius 1 is 1.29 bits per heavy atom. The molecule has 0 bridgehead atoms. The number of aromatic nitrogens is 3. The van der Waals surface area contributed by atoms with Crippen molar-refractivity contribution >= 4 is 45.0 Å². The summed E-state index contributed by atoms with van der Waals surface area (Å²) in [5, 5.41) is 3.10. The molecule has 1 fully saturated rings. The molecular weight excluding hydrogens is 518 g/mol. The van der Waals surface area contributed by atoms with E-state index >= 15 is 0 Å². The topological polar surface area (TPSA) is 87.4 Å². The molecule has 0 radical (unpaired) electrons. The number of hydrogen-bond acceptors (Lipinski definition) is 6. The van der Waals surface area contributed by atoms with Gasteiger partial charge >= 0.3 is 0 Å². The number of rotatable bonds is 6. The lowest BCUT2D eigenvalue weighted by atomic mass is 10.2. The first-order valence-electron chi connectivity index (χ1n) is 9.98. The Labute approximate surface area is 191 Å². The van der Waals surface area contributed by atoms with Gasteiger partial charge in [-0.15, -0.1) is 0 Å². The smallest absolute Gasteiger partial charge is 0.264 e. The number of halogens is 2. The number of nitrogens with one attached hydrogen (secondary N) is 1. The second kappa shape index (κ2) is 9.45. The molecule has 1 aromatic carbocycles. The van der Waals surface area contributed by atoms with E-state index in [-0.39, 0.29) is 53.0 Å². The summed E-state index contributed by atoms with van der Waals surface area (Å²) >= 11 is 2.01. The first-order valence-corrected chi connectivity index (χ1v) is 11.1. The van der Waals surface area contributed by atoms with Crippen LogP contribution in [0, 0.1) is 9.39 Å². The number of aryl methyl sites for hydroxylation is 1. The molecule has 0 saturated carbocycles. The molecule has 164 valence electrons. The van der Waals surface area contributed by atoms with Crippen molar-refractivity contribution in [2.75, 3.05) is 18.5 Å². The number of ether oxygens (including phenoxy) is 2. The predicted octanol–water partition coefficient (Wildman–Crippen LogP) is 3.13. The van der Waals surface area contributed by atoms with Crippen LogP contribution in [0.4, 0.5) is 15.8 Å². The van der Waals surface area contributed by atoms with Crippen molar-refractivity contribution in [3.05, 3.63) is 60.7 Å². The highest BCUT2D eigenvalue weighted by molar-refractivity contribution is 14.1. The van der Waals surface area contributed by atoms with Crippen LogP contribution in [0.2, 0.25) is 0 Å². The van der Waals surface area contributed by atoms with Crippen LogP contribution < -0.4 is 16.4 Å². The van der Waals surface area contributed by atoms with Gasteiger partial charge in [0.1, 0.15) is 11.2 Å². The first-order chi connectivity index (χ1) is 14.9. The predicted molar refractivity (Wildman–Crippen MR) is 123 cm³/mol. The Morgan fingerprint density at radius 3 is 2.87 bits per heavy atom. The zero-order chi connectivity index (χ0) is 22.0. The molecule has 1 aliphatic heterocycles. The van der Waals surface area contributed by atoms with Crippen LogP contribution in [-0.4, -0.2) is 33.6 Å². The van der Waals surface area contributed by atoms with E-state index in [1.807, 2.05) is 22.6 Å². The monoisotopic (exact) mass is 540 g/mol. The molecule has 3 heterocycles. The minimum absolute atomic E-state index is 0.169. The van der Waals surface area contributed by atoms with Crippen LogP contribution in [0.5, 0.6) is 0 Å². The van der Waals surface area contributed by atoms with Gasteiger partial charge in [0.25, 0.3) is 11.1 Å². The third-order valence-corrected chi connectivity index (χ3v) is 5.85. The highest BCUT2D eigenvalue weighted by Crippen LogP contribution is 2.24. The first kappa shape index (κ1) is 21.9. The van der Waals surface area contributed by atoms with E-state index in [1.165, 1.54) is 27.6 Å². The molecule has 0 aliphatic carbocycles. The quantitative estimate of drug-likeness (QED) is 0.484. The average Bonchev–Trinajstić information content (AvgIpc) is 2.75. The maximum atomic E-state index is 14.4. The maximum Gasteiger partial charge on any atom is 0.264 e. The number of fused-ring (bicyclic) bond motifs is 1. The minimum Gasteiger partial charge on any atom is -0.353 e.